The highest BCUT2D eigenvalue weighted by atomic mass is 35.5. The topological polar surface area (TPSA) is 252 Å². The lowest BCUT2D eigenvalue weighted by molar-refractivity contribution is 0.0374. The SMILES string of the molecule is FCCOc1cccc(Nc2ncnc3cnc(CCCN4CCOCC4)cc23)c1.FCCOc1cccc(Nc2ncnc3cnc(F)cc23)c1.Fc1cc2c(Cl)ncnc2cn1.Nc1cccc(O)c1.Nc1cccc(OCCF)c1.[HH]. The van der Waals surface area contributed by atoms with Crippen LogP contribution in [0.3, 0.4) is 0 Å². The largest absolute Gasteiger partial charge is 0.508 e. The average Bonchev–Trinajstić information content (AvgIpc) is 3.69. The predicted molar refractivity (Wildman–Crippen MR) is 312 cm³/mol. The second-order valence-electron chi connectivity index (χ2n) is 17.5. The number of fused-ring (bicyclic) bond motifs is 3. The van der Waals surface area contributed by atoms with E-state index in [0.717, 1.165) is 68.0 Å². The molecule has 0 amide bonds. The monoisotopic (exact) mass is 1160 g/mol. The second-order valence-corrected chi connectivity index (χ2v) is 17.9. The van der Waals surface area contributed by atoms with Crippen LogP contribution in [0.4, 0.5) is 56.3 Å². The molecule has 1 saturated heterocycles. The lowest BCUT2D eigenvalue weighted by Crippen LogP contribution is -2.36. The molecule has 10 aromatic rings. The van der Waals surface area contributed by atoms with Gasteiger partial charge in [0, 0.05) is 95.5 Å². The number of alkyl halides is 3. The molecule has 0 atom stereocenters. The Morgan fingerprint density at radius 3 is 1.54 bits per heavy atom. The highest BCUT2D eigenvalue weighted by molar-refractivity contribution is 6.33. The van der Waals surface area contributed by atoms with Gasteiger partial charge in [-0.2, -0.15) is 8.78 Å². The minimum absolute atomic E-state index is 0. The molecule has 0 saturated carbocycles. The Morgan fingerprint density at radius 2 is 1.02 bits per heavy atom. The summed E-state index contributed by atoms with van der Waals surface area (Å²) in [6.07, 6.45) is 10.6. The molecule has 4 aromatic carbocycles. The summed E-state index contributed by atoms with van der Waals surface area (Å²) in [6.45, 7) is 3.26. The third-order valence-electron chi connectivity index (χ3n) is 11.5. The first-order chi connectivity index (χ1) is 40.5. The fourth-order valence-electron chi connectivity index (χ4n) is 7.68. The van der Waals surface area contributed by atoms with Crippen molar-refractivity contribution in [2.45, 2.75) is 12.8 Å². The molecule has 0 aliphatic carbocycles. The Hall–Kier alpha value is -9.39. The van der Waals surface area contributed by atoms with Crippen LogP contribution in [0.5, 0.6) is 23.0 Å². The van der Waals surface area contributed by atoms with E-state index < -0.39 is 31.9 Å². The van der Waals surface area contributed by atoms with Crippen molar-refractivity contribution in [3.63, 3.8) is 0 Å². The first kappa shape index (κ1) is 61.2. The quantitative estimate of drug-likeness (QED) is 0.0246. The van der Waals surface area contributed by atoms with E-state index in [-0.39, 0.29) is 32.1 Å². The van der Waals surface area contributed by atoms with E-state index in [4.69, 9.17) is 47.1 Å². The molecule has 1 fully saturated rings. The number of nitrogens with two attached hydrogens (primary N) is 2. The van der Waals surface area contributed by atoms with Gasteiger partial charge in [-0.3, -0.25) is 9.88 Å². The van der Waals surface area contributed by atoms with Crippen LogP contribution < -0.4 is 36.3 Å². The van der Waals surface area contributed by atoms with Gasteiger partial charge in [0.1, 0.15) is 98.6 Å². The Kier molecular flexibility index (Phi) is 24.2. The minimum atomic E-state index is -0.606. The van der Waals surface area contributed by atoms with Crippen molar-refractivity contribution in [2.75, 3.05) is 94.8 Å². The van der Waals surface area contributed by atoms with Crippen molar-refractivity contribution in [1.82, 2.24) is 49.8 Å². The summed E-state index contributed by atoms with van der Waals surface area (Å²) in [5, 5.41) is 17.3. The number of morpholine rings is 1. The molecule has 434 valence electrons. The van der Waals surface area contributed by atoms with E-state index in [1.165, 1.54) is 49.6 Å². The van der Waals surface area contributed by atoms with Crippen molar-refractivity contribution in [1.29, 1.82) is 0 Å². The number of phenols is 1. The van der Waals surface area contributed by atoms with Crippen LogP contribution in [0.25, 0.3) is 32.7 Å². The van der Waals surface area contributed by atoms with Crippen molar-refractivity contribution in [3.05, 3.63) is 176 Å². The summed E-state index contributed by atoms with van der Waals surface area (Å²) in [4.78, 5) is 38.5. The number of pyridine rings is 3. The second kappa shape index (κ2) is 32.8. The third kappa shape index (κ3) is 20.3. The Bertz CT molecular complexity index is 3610. The molecule has 0 radical (unpaired) electrons. The van der Waals surface area contributed by atoms with Gasteiger partial charge in [-0.15, -0.1) is 0 Å². The zero-order valence-electron chi connectivity index (χ0n) is 44.6. The highest BCUT2D eigenvalue weighted by Gasteiger charge is 2.12. The molecule has 83 heavy (non-hydrogen) atoms. The number of hydrogen-bond acceptors (Lipinski definition) is 19. The number of aromatic hydroxyl groups is 1. The van der Waals surface area contributed by atoms with Crippen molar-refractivity contribution < 1.29 is 47.4 Å². The van der Waals surface area contributed by atoms with Crippen LogP contribution >= 0.6 is 11.6 Å². The molecule has 0 unspecified atom stereocenters. The molecule has 1 aliphatic rings. The number of rotatable bonds is 17. The summed E-state index contributed by atoms with van der Waals surface area (Å²) in [6, 6.07) is 32.4. The molecule has 7 heterocycles. The molecule has 19 nitrogen and oxygen atoms in total. The van der Waals surface area contributed by atoms with Gasteiger partial charge in [-0.1, -0.05) is 35.9 Å². The summed E-state index contributed by atoms with van der Waals surface area (Å²) in [5.74, 6) is 1.95. The number of halogens is 6. The predicted octanol–water partition coefficient (Wildman–Crippen LogP) is 11.3. The van der Waals surface area contributed by atoms with Crippen LogP contribution in [-0.2, 0) is 11.2 Å². The molecular formula is C58H60ClF5N14O5. The summed E-state index contributed by atoms with van der Waals surface area (Å²) < 4.78 is 83.0. The zero-order chi connectivity index (χ0) is 58.6. The lowest BCUT2D eigenvalue weighted by Gasteiger charge is -2.26. The van der Waals surface area contributed by atoms with Gasteiger partial charge in [0.25, 0.3) is 0 Å². The number of aromatic nitrogens is 9. The summed E-state index contributed by atoms with van der Waals surface area (Å²) in [7, 11) is 0. The number of phenolic OH excluding ortho intramolecular Hbond substituents is 1. The van der Waals surface area contributed by atoms with Crippen LogP contribution in [0.15, 0.2) is 153 Å². The lowest BCUT2D eigenvalue weighted by atomic mass is 10.1. The molecule has 6 aromatic heterocycles. The maximum Gasteiger partial charge on any atom is 0.213 e. The van der Waals surface area contributed by atoms with Gasteiger partial charge in [0.15, 0.2) is 0 Å². The van der Waals surface area contributed by atoms with Gasteiger partial charge < -0.3 is 46.2 Å². The summed E-state index contributed by atoms with van der Waals surface area (Å²) in [5.41, 5.74) is 16.4. The maximum atomic E-state index is 13.3. The van der Waals surface area contributed by atoms with E-state index >= 15 is 0 Å². The van der Waals surface area contributed by atoms with E-state index in [2.05, 4.69) is 66.5 Å². The van der Waals surface area contributed by atoms with Crippen LogP contribution in [-0.4, -0.2) is 128 Å². The molecule has 11 rings (SSSR count). The van der Waals surface area contributed by atoms with Crippen LogP contribution in [0, 0.1) is 11.9 Å². The standard InChI is InChI=1S/C22H26FN5O2.C15H12F2N4O.C8H10FNO.C7H3ClFN3.C6H7NO.H2/c23-6-10-30-19-5-1-3-18(13-19)27-22-20-14-17(24-15-21(20)25-16-26-22)4-2-7-28-8-11-29-12-9-28;16-4-5-22-11-3-1-2-10(6-11)21-15-12-7-14(17)18-8-13(12)19-9-20-15;9-4-5-11-8-3-1-2-7(10)6-8;8-7-4-1-6(9)10-2-5(4)11-3-12-7;7-5-2-1-3-6(8)4-5;/h1,3,5,13-16H,2,4,6-12H2,(H,25,26,27);1-3,6-9H,4-5H2,(H,19,20,21);1-3,6H,4-5,10H2;1-3H;1-4,8H,7H2;1H. The first-order valence-corrected chi connectivity index (χ1v) is 26.1. The maximum absolute atomic E-state index is 13.3. The Labute approximate surface area is 480 Å². The number of ether oxygens (including phenoxy) is 4. The van der Waals surface area contributed by atoms with E-state index in [1.807, 2.05) is 18.2 Å². The van der Waals surface area contributed by atoms with Gasteiger partial charge in [0.05, 0.1) is 48.4 Å². The van der Waals surface area contributed by atoms with Crippen LogP contribution in [0.2, 0.25) is 5.15 Å². The smallest absolute Gasteiger partial charge is 0.213 e. The molecule has 1 aliphatic heterocycles. The highest BCUT2D eigenvalue weighted by Crippen LogP contribution is 2.28. The normalized spacial score (nSPS) is 11.8. The molecule has 0 bridgehead atoms. The number of benzene rings is 4. The molecule has 25 heteroatoms. The number of nitrogen functional groups attached to an aromatic ring is 2. The molecule has 0 spiro atoms. The van der Waals surface area contributed by atoms with Gasteiger partial charge >= 0.3 is 0 Å². The summed E-state index contributed by atoms with van der Waals surface area (Å²) >= 11 is 5.68. The van der Waals surface area contributed by atoms with Gasteiger partial charge in [-0.25, -0.2) is 53.0 Å². The van der Waals surface area contributed by atoms with Gasteiger partial charge in [0.2, 0.25) is 11.9 Å². The van der Waals surface area contributed by atoms with E-state index in [0.29, 0.717) is 67.8 Å². The van der Waals surface area contributed by atoms with Crippen molar-refractivity contribution >= 4 is 78.7 Å². The zero-order valence-corrected chi connectivity index (χ0v) is 45.4. The third-order valence-corrected chi connectivity index (χ3v) is 11.8. The molecular weight excluding hydrogens is 1100 g/mol. The average molecular weight is 1160 g/mol. The van der Waals surface area contributed by atoms with E-state index in [9.17, 15) is 22.0 Å². The van der Waals surface area contributed by atoms with Crippen molar-refractivity contribution in [3.8, 4) is 23.0 Å². The minimum Gasteiger partial charge on any atom is -0.508 e. The molecule has 7 N–H and O–H groups in total. The van der Waals surface area contributed by atoms with E-state index in [1.54, 1.807) is 79.0 Å². The Balaban J connectivity index is 0.000000182. The number of aryl methyl sites for hydroxylation is 1. The number of nitrogens with one attached hydrogen (secondary N) is 2. The number of nitrogens with zero attached hydrogens (tertiary/aromatic N) is 10. The Morgan fingerprint density at radius 1 is 0.554 bits per heavy atom. The van der Waals surface area contributed by atoms with Crippen molar-refractivity contribution in [2.24, 2.45) is 0 Å². The van der Waals surface area contributed by atoms with Gasteiger partial charge in [-0.05, 0) is 74.0 Å². The number of anilines is 6. The fourth-order valence-corrected chi connectivity index (χ4v) is 7.88. The first-order valence-electron chi connectivity index (χ1n) is 25.7. The number of hydrogen-bond donors (Lipinski definition) is 5. The fraction of sp³-hybridized carbons (Fsp3) is 0.224. The van der Waals surface area contributed by atoms with Crippen LogP contribution in [0.1, 0.15) is 13.5 Å².